The summed E-state index contributed by atoms with van der Waals surface area (Å²) in [5, 5.41) is 2.23. The van der Waals surface area contributed by atoms with Crippen LogP contribution in [0.25, 0.3) is 10.8 Å². The molecule has 2 aromatic rings. The van der Waals surface area contributed by atoms with Gasteiger partial charge in [-0.1, -0.05) is 18.2 Å². The van der Waals surface area contributed by atoms with Crippen LogP contribution < -0.4 is 0 Å². The average molecular weight is 326 g/mol. The van der Waals surface area contributed by atoms with E-state index >= 15 is 0 Å². The fraction of sp³-hybridized carbons (Fsp3) is 0.154. The molecule has 0 aromatic heterocycles. The van der Waals surface area contributed by atoms with Crippen molar-refractivity contribution in [1.29, 1.82) is 0 Å². The van der Waals surface area contributed by atoms with Crippen molar-refractivity contribution in [2.24, 2.45) is 0 Å². The van der Waals surface area contributed by atoms with E-state index in [0.29, 0.717) is 12.2 Å². The van der Waals surface area contributed by atoms with Gasteiger partial charge >= 0.3 is 5.97 Å². The van der Waals surface area contributed by atoms with Crippen LogP contribution in [0.5, 0.6) is 0 Å². The zero-order chi connectivity index (χ0) is 11.5. The first-order chi connectivity index (χ1) is 7.72. The van der Waals surface area contributed by atoms with Crippen molar-refractivity contribution in [3.05, 3.63) is 45.5 Å². The highest BCUT2D eigenvalue weighted by Gasteiger charge is 2.07. The van der Waals surface area contributed by atoms with Gasteiger partial charge in [-0.3, -0.25) is 0 Å². The number of hydrogen-bond donors (Lipinski definition) is 0. The molecule has 0 fully saturated rings. The molecular weight excluding hydrogens is 315 g/mol. The third-order valence-corrected chi connectivity index (χ3v) is 3.28. The molecule has 0 atom stereocenters. The quantitative estimate of drug-likeness (QED) is 0.622. The van der Waals surface area contributed by atoms with Crippen LogP contribution >= 0.6 is 22.6 Å². The molecule has 0 aliphatic rings. The Morgan fingerprint density at radius 1 is 1.31 bits per heavy atom. The zero-order valence-corrected chi connectivity index (χ0v) is 11.0. The maximum absolute atomic E-state index is 11.5. The lowest BCUT2D eigenvalue weighted by molar-refractivity contribution is 0.0526. The van der Waals surface area contributed by atoms with Crippen molar-refractivity contribution < 1.29 is 9.53 Å². The molecule has 0 heterocycles. The summed E-state index contributed by atoms with van der Waals surface area (Å²) in [6, 6.07) is 11.7. The molecule has 0 saturated heterocycles. The molecule has 0 bridgehead atoms. The van der Waals surface area contributed by atoms with E-state index in [9.17, 15) is 4.79 Å². The van der Waals surface area contributed by atoms with E-state index in [1.54, 1.807) is 0 Å². The summed E-state index contributed by atoms with van der Waals surface area (Å²) in [5.74, 6) is -0.261. The van der Waals surface area contributed by atoms with Crippen molar-refractivity contribution in [1.82, 2.24) is 0 Å². The number of esters is 1. The topological polar surface area (TPSA) is 26.3 Å². The summed E-state index contributed by atoms with van der Waals surface area (Å²) >= 11 is 2.29. The molecule has 3 heteroatoms. The van der Waals surface area contributed by atoms with Crippen LogP contribution in [-0.2, 0) is 4.74 Å². The van der Waals surface area contributed by atoms with E-state index in [1.165, 1.54) is 3.57 Å². The van der Waals surface area contributed by atoms with E-state index in [4.69, 9.17) is 4.74 Å². The van der Waals surface area contributed by atoms with Crippen LogP contribution in [-0.4, -0.2) is 12.6 Å². The first-order valence-electron chi connectivity index (χ1n) is 5.08. The smallest absolute Gasteiger partial charge is 0.338 e. The molecule has 2 nitrogen and oxygen atoms in total. The fourth-order valence-electron chi connectivity index (χ4n) is 1.59. The van der Waals surface area contributed by atoms with Crippen molar-refractivity contribution in [2.45, 2.75) is 6.92 Å². The van der Waals surface area contributed by atoms with Crippen molar-refractivity contribution >= 4 is 39.3 Å². The van der Waals surface area contributed by atoms with Crippen LogP contribution in [0.15, 0.2) is 36.4 Å². The lowest BCUT2D eigenvalue weighted by Gasteiger charge is -2.04. The van der Waals surface area contributed by atoms with Gasteiger partial charge in [-0.05, 0) is 58.5 Å². The third-order valence-electron chi connectivity index (χ3n) is 2.34. The van der Waals surface area contributed by atoms with Gasteiger partial charge in [-0.25, -0.2) is 4.79 Å². The average Bonchev–Trinajstić information content (AvgIpc) is 2.29. The van der Waals surface area contributed by atoms with Crippen LogP contribution in [0, 0.1) is 3.57 Å². The minimum Gasteiger partial charge on any atom is -0.462 e. The molecule has 0 aliphatic carbocycles. The number of fused-ring (bicyclic) bond motifs is 1. The van der Waals surface area contributed by atoms with Crippen LogP contribution in [0.3, 0.4) is 0 Å². The summed E-state index contributed by atoms with van der Waals surface area (Å²) < 4.78 is 6.15. The first kappa shape index (κ1) is 11.4. The van der Waals surface area contributed by atoms with Crippen molar-refractivity contribution in [2.75, 3.05) is 6.61 Å². The molecule has 82 valence electrons. The molecule has 2 rings (SSSR count). The minimum absolute atomic E-state index is 0.261. The summed E-state index contributed by atoms with van der Waals surface area (Å²) in [7, 11) is 0. The molecule has 0 aliphatic heterocycles. The van der Waals surface area contributed by atoms with Gasteiger partial charge in [0.15, 0.2) is 0 Å². The summed E-state index contributed by atoms with van der Waals surface area (Å²) in [6.07, 6.45) is 0. The van der Waals surface area contributed by atoms with Gasteiger partial charge in [-0.15, -0.1) is 0 Å². The largest absolute Gasteiger partial charge is 0.462 e. The molecule has 0 amide bonds. The standard InChI is InChI=1S/C13H11IO2/c1-2-16-13(15)10-6-7-11-9(8-10)4-3-5-12(11)14/h3-8H,2H2,1H3. The predicted octanol–water partition coefficient (Wildman–Crippen LogP) is 3.62. The lowest BCUT2D eigenvalue weighted by atomic mass is 10.1. The first-order valence-corrected chi connectivity index (χ1v) is 6.15. The van der Waals surface area contributed by atoms with Gasteiger partial charge < -0.3 is 4.74 Å². The number of halogens is 1. The predicted molar refractivity (Wildman–Crippen MR) is 72.6 cm³/mol. The SMILES string of the molecule is CCOC(=O)c1ccc2c(I)cccc2c1. The van der Waals surface area contributed by atoms with Gasteiger partial charge in [0.05, 0.1) is 12.2 Å². The molecule has 16 heavy (non-hydrogen) atoms. The number of carbonyl (C=O) groups is 1. The Kier molecular flexibility index (Phi) is 3.43. The van der Waals surface area contributed by atoms with Gasteiger partial charge in [0.2, 0.25) is 0 Å². The Labute approximate surface area is 108 Å². The Balaban J connectivity index is 2.48. The van der Waals surface area contributed by atoms with E-state index in [1.807, 2.05) is 43.3 Å². The molecule has 0 saturated carbocycles. The van der Waals surface area contributed by atoms with Crippen LogP contribution in [0.2, 0.25) is 0 Å². The Morgan fingerprint density at radius 3 is 2.88 bits per heavy atom. The van der Waals surface area contributed by atoms with Crippen LogP contribution in [0.1, 0.15) is 17.3 Å². The van der Waals surface area contributed by atoms with Crippen LogP contribution in [0.4, 0.5) is 0 Å². The van der Waals surface area contributed by atoms with Gasteiger partial charge in [0, 0.05) is 3.57 Å². The molecule has 0 radical (unpaired) electrons. The number of ether oxygens (including phenoxy) is 1. The Bertz CT molecular complexity index is 534. The van der Waals surface area contributed by atoms with Gasteiger partial charge in [0.1, 0.15) is 0 Å². The second kappa shape index (κ2) is 4.82. The van der Waals surface area contributed by atoms with E-state index < -0.39 is 0 Å². The molecule has 0 unspecified atom stereocenters. The highest BCUT2D eigenvalue weighted by atomic mass is 127. The second-order valence-corrected chi connectivity index (χ2v) is 4.56. The molecular formula is C13H11IO2. The summed E-state index contributed by atoms with van der Waals surface area (Å²) in [4.78, 5) is 11.5. The lowest BCUT2D eigenvalue weighted by Crippen LogP contribution is -2.04. The highest BCUT2D eigenvalue weighted by Crippen LogP contribution is 2.21. The molecule has 0 spiro atoms. The minimum atomic E-state index is -0.261. The number of benzene rings is 2. The number of carbonyl (C=O) groups excluding carboxylic acids is 1. The molecule has 0 N–H and O–H groups in total. The van der Waals surface area contributed by atoms with Crippen molar-refractivity contribution in [3.8, 4) is 0 Å². The van der Waals surface area contributed by atoms with Crippen molar-refractivity contribution in [3.63, 3.8) is 0 Å². The Morgan fingerprint density at radius 2 is 2.12 bits per heavy atom. The number of rotatable bonds is 2. The molecule has 2 aromatic carbocycles. The monoisotopic (exact) mass is 326 g/mol. The van der Waals surface area contributed by atoms with E-state index in [0.717, 1.165) is 10.8 Å². The fourth-order valence-corrected chi connectivity index (χ4v) is 2.28. The number of hydrogen-bond acceptors (Lipinski definition) is 2. The Hall–Kier alpha value is -1.10. The zero-order valence-electron chi connectivity index (χ0n) is 8.87. The van der Waals surface area contributed by atoms with E-state index in [-0.39, 0.29) is 5.97 Å². The maximum atomic E-state index is 11.5. The summed E-state index contributed by atoms with van der Waals surface area (Å²) in [5.41, 5.74) is 0.608. The maximum Gasteiger partial charge on any atom is 0.338 e. The normalized spacial score (nSPS) is 10.4. The highest BCUT2D eigenvalue weighted by molar-refractivity contribution is 14.1. The summed E-state index contributed by atoms with van der Waals surface area (Å²) in [6.45, 7) is 2.21. The van der Waals surface area contributed by atoms with Gasteiger partial charge in [0.25, 0.3) is 0 Å². The third kappa shape index (κ3) is 2.19. The van der Waals surface area contributed by atoms with Gasteiger partial charge in [-0.2, -0.15) is 0 Å². The van der Waals surface area contributed by atoms with E-state index in [2.05, 4.69) is 22.6 Å². The second-order valence-electron chi connectivity index (χ2n) is 3.40.